The summed E-state index contributed by atoms with van der Waals surface area (Å²) in [7, 11) is 2.14. The molecule has 0 fully saturated rings. The van der Waals surface area contributed by atoms with E-state index in [1.165, 1.54) is 5.69 Å². The van der Waals surface area contributed by atoms with E-state index in [0.717, 1.165) is 24.8 Å². The SMILES string of the molecule is CCC(CC)N(C)c1ccc([C@@H](O)CC)cc1. The van der Waals surface area contributed by atoms with Gasteiger partial charge in [0, 0.05) is 18.8 Å². The smallest absolute Gasteiger partial charge is 0.0787 e. The Morgan fingerprint density at radius 1 is 1.00 bits per heavy atom. The average Bonchev–Trinajstić information content (AvgIpc) is 2.39. The molecule has 1 N–H and O–H groups in total. The van der Waals surface area contributed by atoms with Crippen molar-refractivity contribution in [2.24, 2.45) is 0 Å². The molecule has 1 atom stereocenters. The van der Waals surface area contributed by atoms with Gasteiger partial charge in [0.05, 0.1) is 6.10 Å². The molecular weight excluding hydrogens is 210 g/mol. The first kappa shape index (κ1) is 14.0. The van der Waals surface area contributed by atoms with Gasteiger partial charge in [-0.25, -0.2) is 0 Å². The molecule has 0 saturated heterocycles. The standard InChI is InChI=1S/C15H25NO/c1-5-13(6-2)16(4)14-10-8-12(9-11-14)15(17)7-3/h8-11,13,15,17H,5-7H2,1-4H3/t15-/m0/s1. The predicted octanol–water partition coefficient (Wildman–Crippen LogP) is 3.75. The van der Waals surface area contributed by atoms with Gasteiger partial charge in [-0.1, -0.05) is 32.9 Å². The fraction of sp³-hybridized carbons (Fsp3) is 0.600. The minimum Gasteiger partial charge on any atom is -0.388 e. The normalized spacial score (nSPS) is 12.8. The van der Waals surface area contributed by atoms with Crippen LogP contribution in [-0.2, 0) is 0 Å². The second-order valence-corrected chi connectivity index (χ2v) is 4.60. The van der Waals surface area contributed by atoms with Gasteiger partial charge in [-0.15, -0.1) is 0 Å². The van der Waals surface area contributed by atoms with Gasteiger partial charge in [0.1, 0.15) is 0 Å². The van der Waals surface area contributed by atoms with E-state index >= 15 is 0 Å². The Morgan fingerprint density at radius 3 is 1.94 bits per heavy atom. The van der Waals surface area contributed by atoms with E-state index in [1.807, 2.05) is 19.1 Å². The van der Waals surface area contributed by atoms with Crippen LogP contribution in [0, 0.1) is 0 Å². The summed E-state index contributed by atoms with van der Waals surface area (Å²) in [5.74, 6) is 0. The van der Waals surface area contributed by atoms with Crippen LogP contribution in [0.15, 0.2) is 24.3 Å². The lowest BCUT2D eigenvalue weighted by Crippen LogP contribution is -2.30. The largest absolute Gasteiger partial charge is 0.388 e. The topological polar surface area (TPSA) is 23.5 Å². The van der Waals surface area contributed by atoms with Crippen molar-refractivity contribution in [2.45, 2.75) is 52.2 Å². The second-order valence-electron chi connectivity index (χ2n) is 4.60. The number of nitrogens with zero attached hydrogens (tertiary/aromatic N) is 1. The third-order valence-corrected chi connectivity index (χ3v) is 3.56. The summed E-state index contributed by atoms with van der Waals surface area (Å²) >= 11 is 0. The van der Waals surface area contributed by atoms with Crippen LogP contribution < -0.4 is 4.90 Å². The molecule has 0 bridgehead atoms. The summed E-state index contributed by atoms with van der Waals surface area (Å²) in [6, 6.07) is 8.86. The van der Waals surface area contributed by atoms with Gasteiger partial charge in [0.25, 0.3) is 0 Å². The van der Waals surface area contributed by atoms with Crippen molar-refractivity contribution in [3.8, 4) is 0 Å². The van der Waals surface area contributed by atoms with Crippen LogP contribution >= 0.6 is 0 Å². The molecule has 0 unspecified atom stereocenters. The number of anilines is 1. The maximum atomic E-state index is 9.75. The van der Waals surface area contributed by atoms with Crippen molar-refractivity contribution in [3.05, 3.63) is 29.8 Å². The third-order valence-electron chi connectivity index (χ3n) is 3.56. The maximum absolute atomic E-state index is 9.75. The number of aliphatic hydroxyl groups excluding tert-OH is 1. The molecule has 0 amide bonds. The molecule has 1 aromatic carbocycles. The summed E-state index contributed by atoms with van der Waals surface area (Å²) in [5, 5.41) is 9.75. The monoisotopic (exact) mass is 235 g/mol. The van der Waals surface area contributed by atoms with Crippen molar-refractivity contribution in [1.82, 2.24) is 0 Å². The molecule has 0 radical (unpaired) electrons. The Kier molecular flexibility index (Phi) is 5.49. The zero-order chi connectivity index (χ0) is 12.8. The lowest BCUT2D eigenvalue weighted by atomic mass is 10.1. The molecular formula is C15H25NO. The summed E-state index contributed by atoms with van der Waals surface area (Å²) < 4.78 is 0. The highest BCUT2D eigenvalue weighted by molar-refractivity contribution is 5.48. The minimum atomic E-state index is -0.331. The number of benzene rings is 1. The Labute approximate surface area is 105 Å². The highest BCUT2D eigenvalue weighted by Crippen LogP contribution is 2.22. The zero-order valence-corrected chi connectivity index (χ0v) is 11.5. The molecule has 17 heavy (non-hydrogen) atoms. The first-order valence-electron chi connectivity index (χ1n) is 6.64. The molecule has 0 aliphatic carbocycles. The summed E-state index contributed by atoms with van der Waals surface area (Å²) in [6.07, 6.45) is 2.75. The fourth-order valence-electron chi connectivity index (χ4n) is 2.21. The van der Waals surface area contributed by atoms with Crippen molar-refractivity contribution in [3.63, 3.8) is 0 Å². The minimum absolute atomic E-state index is 0.331. The number of hydrogen-bond donors (Lipinski definition) is 1. The van der Waals surface area contributed by atoms with E-state index in [2.05, 4.69) is 37.9 Å². The van der Waals surface area contributed by atoms with Crippen LogP contribution in [0.5, 0.6) is 0 Å². The fourth-order valence-corrected chi connectivity index (χ4v) is 2.21. The van der Waals surface area contributed by atoms with Crippen LogP contribution in [0.3, 0.4) is 0 Å². The molecule has 1 aromatic rings. The van der Waals surface area contributed by atoms with Gasteiger partial charge < -0.3 is 10.0 Å². The molecule has 0 saturated carbocycles. The first-order valence-corrected chi connectivity index (χ1v) is 6.64. The van der Waals surface area contributed by atoms with E-state index in [1.54, 1.807) is 0 Å². The van der Waals surface area contributed by atoms with E-state index in [4.69, 9.17) is 0 Å². The van der Waals surface area contributed by atoms with Gasteiger partial charge in [-0.2, -0.15) is 0 Å². The lowest BCUT2D eigenvalue weighted by molar-refractivity contribution is 0.173. The van der Waals surface area contributed by atoms with Gasteiger partial charge in [-0.05, 0) is 37.0 Å². The molecule has 2 nitrogen and oxygen atoms in total. The maximum Gasteiger partial charge on any atom is 0.0787 e. The van der Waals surface area contributed by atoms with E-state index in [0.29, 0.717) is 6.04 Å². The van der Waals surface area contributed by atoms with Crippen LogP contribution in [0.1, 0.15) is 51.7 Å². The van der Waals surface area contributed by atoms with E-state index < -0.39 is 0 Å². The molecule has 0 spiro atoms. The highest BCUT2D eigenvalue weighted by Gasteiger charge is 2.11. The van der Waals surface area contributed by atoms with Gasteiger partial charge >= 0.3 is 0 Å². The van der Waals surface area contributed by atoms with Crippen molar-refractivity contribution < 1.29 is 5.11 Å². The Bertz CT molecular complexity index is 316. The number of rotatable bonds is 6. The van der Waals surface area contributed by atoms with Gasteiger partial charge in [0.2, 0.25) is 0 Å². The van der Waals surface area contributed by atoms with E-state index in [-0.39, 0.29) is 6.10 Å². The van der Waals surface area contributed by atoms with E-state index in [9.17, 15) is 5.11 Å². The third kappa shape index (κ3) is 3.47. The van der Waals surface area contributed by atoms with Gasteiger partial charge in [0.15, 0.2) is 0 Å². The van der Waals surface area contributed by atoms with Crippen molar-refractivity contribution in [2.75, 3.05) is 11.9 Å². The molecule has 2 heteroatoms. The Balaban J connectivity index is 2.79. The lowest BCUT2D eigenvalue weighted by Gasteiger charge is -2.28. The van der Waals surface area contributed by atoms with Gasteiger partial charge in [-0.3, -0.25) is 0 Å². The zero-order valence-electron chi connectivity index (χ0n) is 11.5. The summed E-state index contributed by atoms with van der Waals surface area (Å²) in [4.78, 5) is 2.32. The molecule has 96 valence electrons. The van der Waals surface area contributed by atoms with Crippen LogP contribution in [0.4, 0.5) is 5.69 Å². The molecule has 0 aliphatic heterocycles. The number of aliphatic hydroxyl groups is 1. The predicted molar refractivity (Wildman–Crippen MR) is 74.5 cm³/mol. The van der Waals surface area contributed by atoms with Crippen LogP contribution in [-0.4, -0.2) is 18.2 Å². The number of hydrogen-bond acceptors (Lipinski definition) is 2. The Morgan fingerprint density at radius 2 is 1.53 bits per heavy atom. The molecule has 0 aliphatic rings. The van der Waals surface area contributed by atoms with Crippen LogP contribution in [0.2, 0.25) is 0 Å². The molecule has 0 heterocycles. The van der Waals surface area contributed by atoms with Crippen LogP contribution in [0.25, 0.3) is 0 Å². The summed E-state index contributed by atoms with van der Waals surface area (Å²) in [6.45, 7) is 6.44. The quantitative estimate of drug-likeness (QED) is 0.811. The second kappa shape index (κ2) is 6.65. The molecule has 0 aromatic heterocycles. The van der Waals surface area contributed by atoms with Crippen molar-refractivity contribution >= 4 is 5.69 Å². The Hall–Kier alpha value is -1.02. The van der Waals surface area contributed by atoms with Crippen molar-refractivity contribution in [1.29, 1.82) is 0 Å². The summed E-state index contributed by atoms with van der Waals surface area (Å²) in [5.41, 5.74) is 2.24. The molecule has 1 rings (SSSR count). The average molecular weight is 235 g/mol. The first-order chi connectivity index (χ1) is 8.13. The highest BCUT2D eigenvalue weighted by atomic mass is 16.3.